The van der Waals surface area contributed by atoms with E-state index in [1.807, 2.05) is 13.8 Å². The summed E-state index contributed by atoms with van der Waals surface area (Å²) in [5, 5.41) is 12.0. The van der Waals surface area contributed by atoms with Gasteiger partial charge in [-0.1, -0.05) is 0 Å². The number of carboxylic acids is 1. The molecule has 0 aromatic carbocycles. The highest BCUT2D eigenvalue weighted by Crippen LogP contribution is 2.12. The van der Waals surface area contributed by atoms with Crippen LogP contribution in [0.2, 0.25) is 0 Å². The number of hydrogen-bond acceptors (Lipinski definition) is 4. The van der Waals surface area contributed by atoms with Gasteiger partial charge in [-0.25, -0.2) is 4.79 Å². The largest absolute Gasteiger partial charge is 0.481 e. The molecule has 1 rings (SSSR count). The van der Waals surface area contributed by atoms with E-state index in [-0.39, 0.29) is 18.6 Å². The van der Waals surface area contributed by atoms with Gasteiger partial charge >= 0.3 is 12.0 Å². The molecule has 1 aliphatic heterocycles. The summed E-state index contributed by atoms with van der Waals surface area (Å²) >= 11 is 0. The van der Waals surface area contributed by atoms with Crippen LogP contribution in [-0.4, -0.2) is 79.4 Å². The van der Waals surface area contributed by atoms with Crippen LogP contribution in [0.4, 0.5) is 4.79 Å². The minimum Gasteiger partial charge on any atom is -0.481 e. The number of nitrogens with zero attached hydrogens (tertiary/aromatic N) is 2. The normalized spacial score (nSPS) is 20.8. The van der Waals surface area contributed by atoms with Crippen molar-refractivity contribution in [2.75, 3.05) is 46.4 Å². The second kappa shape index (κ2) is 8.06. The lowest BCUT2D eigenvalue weighted by Crippen LogP contribution is -2.44. The predicted molar refractivity (Wildman–Crippen MR) is 74.7 cm³/mol. The Hall–Kier alpha value is -1.34. The number of carbonyl (C=O) groups is 2. The van der Waals surface area contributed by atoms with Gasteiger partial charge in [0.2, 0.25) is 0 Å². The topological polar surface area (TPSA) is 82.1 Å². The van der Waals surface area contributed by atoms with Gasteiger partial charge in [0.25, 0.3) is 0 Å². The van der Waals surface area contributed by atoms with Crippen LogP contribution in [0.5, 0.6) is 0 Å². The maximum atomic E-state index is 12.0. The quantitative estimate of drug-likeness (QED) is 0.699. The molecule has 7 heteroatoms. The van der Waals surface area contributed by atoms with Crippen molar-refractivity contribution in [1.82, 2.24) is 15.1 Å². The van der Waals surface area contributed by atoms with Crippen molar-refractivity contribution >= 4 is 12.0 Å². The van der Waals surface area contributed by atoms with Crippen molar-refractivity contribution in [2.45, 2.75) is 19.9 Å². The third-order valence-electron chi connectivity index (χ3n) is 3.50. The average molecular weight is 287 g/mol. The summed E-state index contributed by atoms with van der Waals surface area (Å²) in [4.78, 5) is 27.0. The van der Waals surface area contributed by atoms with Crippen molar-refractivity contribution in [3.05, 3.63) is 0 Å². The molecule has 0 aromatic heterocycles. The molecule has 7 nitrogen and oxygen atoms in total. The lowest BCUT2D eigenvalue weighted by molar-refractivity contribution is -0.142. The van der Waals surface area contributed by atoms with Crippen LogP contribution in [0.1, 0.15) is 13.8 Å². The second-order valence-electron chi connectivity index (χ2n) is 5.29. The van der Waals surface area contributed by atoms with Crippen molar-refractivity contribution in [3.63, 3.8) is 0 Å². The Morgan fingerprint density at radius 2 is 2.05 bits per heavy atom. The fraction of sp³-hybridized carbons (Fsp3) is 0.846. The lowest BCUT2D eigenvalue weighted by atomic mass is 10.1. The molecule has 2 N–H and O–H groups in total. The van der Waals surface area contributed by atoms with Gasteiger partial charge in [-0.2, -0.15) is 0 Å². The molecule has 2 amide bonds. The fourth-order valence-corrected chi connectivity index (χ4v) is 2.22. The van der Waals surface area contributed by atoms with E-state index in [1.165, 1.54) is 0 Å². The minimum atomic E-state index is -0.854. The Morgan fingerprint density at radius 3 is 2.60 bits per heavy atom. The van der Waals surface area contributed by atoms with Crippen molar-refractivity contribution in [3.8, 4) is 0 Å². The van der Waals surface area contributed by atoms with Crippen LogP contribution in [0, 0.1) is 5.92 Å². The van der Waals surface area contributed by atoms with E-state index in [0.29, 0.717) is 32.8 Å². The molecule has 1 heterocycles. The molecular formula is C13H25N3O4. The van der Waals surface area contributed by atoms with Crippen molar-refractivity contribution in [2.24, 2.45) is 5.92 Å². The molecule has 1 unspecified atom stereocenters. The van der Waals surface area contributed by atoms with Gasteiger partial charge in [-0.3, -0.25) is 9.69 Å². The van der Waals surface area contributed by atoms with Crippen molar-refractivity contribution < 1.29 is 19.4 Å². The van der Waals surface area contributed by atoms with Gasteiger partial charge in [0.1, 0.15) is 0 Å². The number of hydrogen-bond donors (Lipinski definition) is 2. The number of methoxy groups -OCH3 is 1. The molecular weight excluding hydrogens is 262 g/mol. The van der Waals surface area contributed by atoms with E-state index >= 15 is 0 Å². The molecule has 0 saturated carbocycles. The van der Waals surface area contributed by atoms with Gasteiger partial charge in [0.15, 0.2) is 0 Å². The summed E-state index contributed by atoms with van der Waals surface area (Å²) in [6.07, 6.45) is 0. The molecule has 20 heavy (non-hydrogen) atoms. The van der Waals surface area contributed by atoms with Gasteiger partial charge in [-0.05, 0) is 13.8 Å². The van der Waals surface area contributed by atoms with Gasteiger partial charge in [0.05, 0.1) is 12.5 Å². The zero-order chi connectivity index (χ0) is 15.1. The number of rotatable bonds is 5. The van der Waals surface area contributed by atoms with E-state index in [1.54, 1.807) is 12.0 Å². The first kappa shape index (κ1) is 16.7. The van der Waals surface area contributed by atoms with Crippen LogP contribution in [0.3, 0.4) is 0 Å². The molecule has 0 radical (unpaired) electrons. The fourth-order valence-electron chi connectivity index (χ4n) is 2.22. The molecule has 116 valence electrons. The highest BCUT2D eigenvalue weighted by Gasteiger charge is 2.30. The molecule has 0 spiro atoms. The van der Waals surface area contributed by atoms with Crippen molar-refractivity contribution in [1.29, 1.82) is 0 Å². The Kier molecular flexibility index (Phi) is 6.74. The van der Waals surface area contributed by atoms with Gasteiger partial charge < -0.3 is 20.1 Å². The first-order chi connectivity index (χ1) is 9.45. The van der Waals surface area contributed by atoms with E-state index in [9.17, 15) is 14.7 Å². The Balaban J connectivity index is 2.63. The SMILES string of the molecule is COCCNC(=O)N1CCN(C(C)C)CC(C(=O)O)C1. The molecule has 0 aromatic rings. The summed E-state index contributed by atoms with van der Waals surface area (Å²) in [7, 11) is 1.57. The average Bonchev–Trinajstić information content (AvgIpc) is 2.61. The zero-order valence-corrected chi connectivity index (χ0v) is 12.5. The molecule has 1 atom stereocenters. The summed E-state index contributed by atoms with van der Waals surface area (Å²) in [6.45, 7) is 6.91. The second-order valence-corrected chi connectivity index (χ2v) is 5.29. The zero-order valence-electron chi connectivity index (χ0n) is 12.5. The number of carbonyl (C=O) groups excluding carboxylic acids is 1. The maximum absolute atomic E-state index is 12.0. The molecule has 1 fully saturated rings. The van der Waals surface area contributed by atoms with E-state index < -0.39 is 11.9 Å². The third-order valence-corrected chi connectivity index (χ3v) is 3.50. The first-order valence-corrected chi connectivity index (χ1v) is 6.94. The summed E-state index contributed by atoms with van der Waals surface area (Å²) in [5.74, 6) is -1.40. The van der Waals surface area contributed by atoms with Crippen LogP contribution in [0.25, 0.3) is 0 Å². The molecule has 0 aliphatic carbocycles. The molecule has 0 bridgehead atoms. The smallest absolute Gasteiger partial charge is 0.317 e. The van der Waals surface area contributed by atoms with Crippen LogP contribution in [0.15, 0.2) is 0 Å². The van der Waals surface area contributed by atoms with Gasteiger partial charge in [-0.15, -0.1) is 0 Å². The maximum Gasteiger partial charge on any atom is 0.317 e. The van der Waals surface area contributed by atoms with Crippen LogP contribution in [-0.2, 0) is 9.53 Å². The molecule has 1 saturated heterocycles. The summed E-state index contributed by atoms with van der Waals surface area (Å²) in [6, 6.07) is 0.0484. The number of carboxylic acid groups (broad SMARTS) is 1. The Bertz CT molecular complexity index is 336. The van der Waals surface area contributed by atoms with Gasteiger partial charge in [0, 0.05) is 45.9 Å². The first-order valence-electron chi connectivity index (χ1n) is 6.94. The van der Waals surface area contributed by atoms with E-state index in [4.69, 9.17) is 4.74 Å². The number of aliphatic carboxylic acids is 1. The number of urea groups is 1. The van der Waals surface area contributed by atoms with Crippen LogP contribution >= 0.6 is 0 Å². The number of amides is 2. The summed E-state index contributed by atoms with van der Waals surface area (Å²) in [5.41, 5.74) is 0. The van der Waals surface area contributed by atoms with Crippen LogP contribution < -0.4 is 5.32 Å². The molecule has 1 aliphatic rings. The number of nitrogens with one attached hydrogen (secondary N) is 1. The highest BCUT2D eigenvalue weighted by molar-refractivity contribution is 5.76. The summed E-state index contributed by atoms with van der Waals surface area (Å²) < 4.78 is 4.88. The third kappa shape index (κ3) is 4.97. The standard InChI is InChI=1S/C13H25N3O4/c1-10(2)15-5-6-16(9-11(8-15)12(17)18)13(19)14-4-7-20-3/h10-11H,4-9H2,1-3H3,(H,14,19)(H,17,18). The number of ether oxygens (including phenoxy) is 1. The monoisotopic (exact) mass is 287 g/mol. The minimum absolute atomic E-state index is 0.223. The predicted octanol–water partition coefficient (Wildman–Crippen LogP) is 0.0692. The highest BCUT2D eigenvalue weighted by atomic mass is 16.5. The lowest BCUT2D eigenvalue weighted by Gasteiger charge is -2.25. The Morgan fingerprint density at radius 1 is 1.35 bits per heavy atom. The van der Waals surface area contributed by atoms with E-state index in [0.717, 1.165) is 0 Å². The van der Waals surface area contributed by atoms with E-state index in [2.05, 4.69) is 10.2 Å². The Labute approximate surface area is 119 Å².